The summed E-state index contributed by atoms with van der Waals surface area (Å²) in [6.45, 7) is 1.72. The van der Waals surface area contributed by atoms with Crippen LogP contribution in [0.3, 0.4) is 0 Å². The molecule has 1 unspecified atom stereocenters. The van der Waals surface area contributed by atoms with E-state index in [0.29, 0.717) is 5.69 Å². The SMILES string of the molecule is CNc1cc(N)cc(C(C)O)c1. The number of nitrogens with one attached hydrogen (secondary N) is 1. The van der Waals surface area contributed by atoms with Crippen LogP contribution in [0.15, 0.2) is 18.2 Å². The van der Waals surface area contributed by atoms with Crippen molar-refractivity contribution in [1.29, 1.82) is 0 Å². The third kappa shape index (κ3) is 1.89. The Labute approximate surface area is 72.2 Å². The van der Waals surface area contributed by atoms with Crippen molar-refractivity contribution in [3.05, 3.63) is 23.8 Å². The van der Waals surface area contributed by atoms with Crippen LogP contribution in [0.4, 0.5) is 11.4 Å². The average molecular weight is 166 g/mol. The summed E-state index contributed by atoms with van der Waals surface area (Å²) in [4.78, 5) is 0. The predicted octanol–water partition coefficient (Wildman–Crippen LogP) is 1.36. The van der Waals surface area contributed by atoms with Gasteiger partial charge in [-0.1, -0.05) is 0 Å². The highest BCUT2D eigenvalue weighted by molar-refractivity contribution is 5.57. The summed E-state index contributed by atoms with van der Waals surface area (Å²) in [5.74, 6) is 0. The fourth-order valence-corrected chi connectivity index (χ4v) is 1.06. The molecule has 0 bridgehead atoms. The number of nitrogen functional groups attached to an aromatic ring is 1. The van der Waals surface area contributed by atoms with Gasteiger partial charge in [0.1, 0.15) is 0 Å². The number of aliphatic hydroxyl groups excluding tert-OH is 1. The molecule has 0 saturated carbocycles. The molecule has 1 rings (SSSR count). The molecule has 1 aromatic rings. The second-order valence-corrected chi connectivity index (χ2v) is 2.81. The molecule has 0 aliphatic heterocycles. The molecule has 0 fully saturated rings. The fourth-order valence-electron chi connectivity index (χ4n) is 1.06. The summed E-state index contributed by atoms with van der Waals surface area (Å²) < 4.78 is 0. The van der Waals surface area contributed by atoms with Crippen molar-refractivity contribution >= 4 is 11.4 Å². The Bertz CT molecular complexity index is 271. The van der Waals surface area contributed by atoms with Crippen LogP contribution in [0.1, 0.15) is 18.6 Å². The van der Waals surface area contributed by atoms with Gasteiger partial charge in [-0.3, -0.25) is 0 Å². The zero-order valence-corrected chi connectivity index (χ0v) is 7.33. The van der Waals surface area contributed by atoms with Crippen LogP contribution in [0.5, 0.6) is 0 Å². The molecule has 12 heavy (non-hydrogen) atoms. The predicted molar refractivity (Wildman–Crippen MR) is 51.0 cm³/mol. The molecule has 0 heterocycles. The first kappa shape index (κ1) is 8.87. The quantitative estimate of drug-likeness (QED) is 0.581. The van der Waals surface area contributed by atoms with E-state index in [-0.39, 0.29) is 0 Å². The van der Waals surface area contributed by atoms with E-state index < -0.39 is 6.10 Å². The zero-order chi connectivity index (χ0) is 9.14. The molecule has 0 aliphatic rings. The van der Waals surface area contributed by atoms with Gasteiger partial charge in [0.2, 0.25) is 0 Å². The molecular formula is C9H14N2O. The van der Waals surface area contributed by atoms with E-state index in [9.17, 15) is 5.11 Å². The van der Waals surface area contributed by atoms with Gasteiger partial charge in [0.25, 0.3) is 0 Å². The third-order valence-electron chi connectivity index (χ3n) is 1.75. The van der Waals surface area contributed by atoms with Crippen molar-refractivity contribution < 1.29 is 5.11 Å². The van der Waals surface area contributed by atoms with Gasteiger partial charge in [-0.15, -0.1) is 0 Å². The summed E-state index contributed by atoms with van der Waals surface area (Å²) >= 11 is 0. The number of benzene rings is 1. The first-order valence-electron chi connectivity index (χ1n) is 3.89. The van der Waals surface area contributed by atoms with Crippen LogP contribution in [0.2, 0.25) is 0 Å². The van der Waals surface area contributed by atoms with Gasteiger partial charge in [-0.2, -0.15) is 0 Å². The van der Waals surface area contributed by atoms with E-state index in [2.05, 4.69) is 5.32 Å². The van der Waals surface area contributed by atoms with E-state index in [1.54, 1.807) is 13.0 Å². The molecule has 1 aromatic carbocycles. The Morgan fingerprint density at radius 3 is 2.58 bits per heavy atom. The van der Waals surface area contributed by atoms with Gasteiger partial charge in [0, 0.05) is 18.4 Å². The van der Waals surface area contributed by atoms with E-state index in [1.807, 2.05) is 19.2 Å². The summed E-state index contributed by atoms with van der Waals surface area (Å²) in [5.41, 5.74) is 8.04. The average Bonchev–Trinajstić information content (AvgIpc) is 2.03. The lowest BCUT2D eigenvalue weighted by molar-refractivity contribution is 0.199. The summed E-state index contributed by atoms with van der Waals surface area (Å²) in [7, 11) is 1.82. The minimum atomic E-state index is -0.472. The van der Waals surface area contributed by atoms with Gasteiger partial charge in [-0.05, 0) is 30.7 Å². The smallest absolute Gasteiger partial charge is 0.0763 e. The maximum Gasteiger partial charge on any atom is 0.0763 e. The van der Waals surface area contributed by atoms with Gasteiger partial charge in [0.05, 0.1) is 6.10 Å². The maximum absolute atomic E-state index is 9.28. The number of anilines is 2. The number of hydrogen-bond acceptors (Lipinski definition) is 3. The number of hydrogen-bond donors (Lipinski definition) is 3. The molecule has 0 spiro atoms. The van der Waals surface area contributed by atoms with E-state index in [4.69, 9.17) is 5.73 Å². The first-order valence-corrected chi connectivity index (χ1v) is 3.89. The van der Waals surface area contributed by atoms with Crippen molar-refractivity contribution in [2.75, 3.05) is 18.1 Å². The number of aliphatic hydroxyl groups is 1. The van der Waals surface area contributed by atoms with E-state index in [0.717, 1.165) is 11.3 Å². The largest absolute Gasteiger partial charge is 0.399 e. The van der Waals surface area contributed by atoms with Crippen LogP contribution >= 0.6 is 0 Å². The normalized spacial score (nSPS) is 12.6. The molecule has 0 radical (unpaired) electrons. The first-order chi connectivity index (χ1) is 5.63. The van der Waals surface area contributed by atoms with E-state index >= 15 is 0 Å². The number of rotatable bonds is 2. The molecule has 66 valence electrons. The maximum atomic E-state index is 9.28. The third-order valence-corrected chi connectivity index (χ3v) is 1.75. The minimum Gasteiger partial charge on any atom is -0.399 e. The lowest BCUT2D eigenvalue weighted by Crippen LogP contribution is -1.97. The zero-order valence-electron chi connectivity index (χ0n) is 7.33. The Morgan fingerprint density at radius 1 is 1.42 bits per heavy atom. The van der Waals surface area contributed by atoms with Crippen LogP contribution in [-0.2, 0) is 0 Å². The van der Waals surface area contributed by atoms with Gasteiger partial charge >= 0.3 is 0 Å². The Kier molecular flexibility index (Phi) is 2.55. The van der Waals surface area contributed by atoms with Gasteiger partial charge < -0.3 is 16.2 Å². The van der Waals surface area contributed by atoms with Crippen molar-refractivity contribution in [3.8, 4) is 0 Å². The van der Waals surface area contributed by atoms with Crippen LogP contribution < -0.4 is 11.1 Å². The molecule has 3 nitrogen and oxygen atoms in total. The Morgan fingerprint density at radius 2 is 2.08 bits per heavy atom. The van der Waals surface area contributed by atoms with Crippen LogP contribution in [0.25, 0.3) is 0 Å². The fraction of sp³-hybridized carbons (Fsp3) is 0.333. The molecule has 0 amide bonds. The topological polar surface area (TPSA) is 58.3 Å². The van der Waals surface area contributed by atoms with Crippen molar-refractivity contribution in [1.82, 2.24) is 0 Å². The summed E-state index contributed by atoms with van der Waals surface area (Å²) in [6, 6.07) is 5.47. The summed E-state index contributed by atoms with van der Waals surface area (Å²) in [5, 5.41) is 12.3. The lowest BCUT2D eigenvalue weighted by atomic mass is 10.1. The summed E-state index contributed by atoms with van der Waals surface area (Å²) in [6.07, 6.45) is -0.472. The monoisotopic (exact) mass is 166 g/mol. The molecule has 1 atom stereocenters. The molecule has 0 aliphatic carbocycles. The second-order valence-electron chi connectivity index (χ2n) is 2.81. The Hall–Kier alpha value is -1.22. The van der Waals surface area contributed by atoms with E-state index in [1.165, 1.54) is 0 Å². The standard InChI is InChI=1S/C9H14N2O/c1-6(12)7-3-8(10)5-9(4-7)11-2/h3-6,11-12H,10H2,1-2H3. The van der Waals surface area contributed by atoms with Crippen molar-refractivity contribution in [2.24, 2.45) is 0 Å². The van der Waals surface area contributed by atoms with Gasteiger partial charge in [-0.25, -0.2) is 0 Å². The van der Waals surface area contributed by atoms with Crippen LogP contribution in [-0.4, -0.2) is 12.2 Å². The molecular weight excluding hydrogens is 152 g/mol. The molecule has 3 heteroatoms. The van der Waals surface area contributed by atoms with Crippen LogP contribution in [0, 0.1) is 0 Å². The molecule has 4 N–H and O–H groups in total. The second kappa shape index (κ2) is 3.45. The van der Waals surface area contributed by atoms with Gasteiger partial charge in [0.15, 0.2) is 0 Å². The Balaban J connectivity index is 3.06. The van der Waals surface area contributed by atoms with Crippen molar-refractivity contribution in [2.45, 2.75) is 13.0 Å². The molecule has 0 aromatic heterocycles. The van der Waals surface area contributed by atoms with Crippen molar-refractivity contribution in [3.63, 3.8) is 0 Å². The highest BCUT2D eigenvalue weighted by atomic mass is 16.3. The highest BCUT2D eigenvalue weighted by Gasteiger charge is 2.02. The highest BCUT2D eigenvalue weighted by Crippen LogP contribution is 2.20. The molecule has 0 saturated heterocycles. The number of nitrogens with two attached hydrogens (primary N) is 1. The lowest BCUT2D eigenvalue weighted by Gasteiger charge is -2.08. The minimum absolute atomic E-state index is 0.472.